The SMILES string of the molecule is CN(C(=O)CNCC1(C)CCCCC1)C1CC1. The number of nitrogens with zero attached hydrogens (tertiary/aromatic N) is 1. The number of carbonyl (C=O) groups excluding carboxylic acids is 1. The molecule has 0 aromatic carbocycles. The van der Waals surface area contributed by atoms with Crippen molar-refractivity contribution >= 4 is 5.91 Å². The second kappa shape index (κ2) is 5.38. The van der Waals surface area contributed by atoms with E-state index in [1.165, 1.54) is 44.9 Å². The Hall–Kier alpha value is -0.570. The summed E-state index contributed by atoms with van der Waals surface area (Å²) in [7, 11) is 1.93. The van der Waals surface area contributed by atoms with Crippen molar-refractivity contribution < 1.29 is 4.79 Å². The molecule has 0 heterocycles. The van der Waals surface area contributed by atoms with Crippen LogP contribution in [0.4, 0.5) is 0 Å². The van der Waals surface area contributed by atoms with Gasteiger partial charge in [-0.2, -0.15) is 0 Å². The summed E-state index contributed by atoms with van der Waals surface area (Å²) in [6.07, 6.45) is 9.11. The van der Waals surface area contributed by atoms with E-state index in [2.05, 4.69) is 12.2 Å². The number of likely N-dealkylation sites (N-methyl/N-ethyl adjacent to an activating group) is 1. The number of hydrogen-bond acceptors (Lipinski definition) is 2. The lowest BCUT2D eigenvalue weighted by atomic mass is 9.76. The lowest BCUT2D eigenvalue weighted by molar-refractivity contribution is -0.129. The van der Waals surface area contributed by atoms with Gasteiger partial charge in [0.25, 0.3) is 0 Å². The average Bonchev–Trinajstić information content (AvgIpc) is 3.12. The molecule has 0 aromatic heterocycles. The summed E-state index contributed by atoms with van der Waals surface area (Å²) in [5.74, 6) is 0.256. The summed E-state index contributed by atoms with van der Waals surface area (Å²) >= 11 is 0. The van der Waals surface area contributed by atoms with E-state index in [1.54, 1.807) is 0 Å². The molecule has 2 saturated carbocycles. The number of amides is 1. The minimum Gasteiger partial charge on any atom is -0.342 e. The third-order valence-corrected chi connectivity index (χ3v) is 4.38. The molecule has 0 radical (unpaired) electrons. The second-order valence-electron chi connectivity index (χ2n) is 6.21. The largest absolute Gasteiger partial charge is 0.342 e. The fraction of sp³-hybridized carbons (Fsp3) is 0.929. The molecule has 3 heteroatoms. The molecule has 3 nitrogen and oxygen atoms in total. The Bertz CT molecular complexity index is 267. The van der Waals surface area contributed by atoms with Crippen LogP contribution in [0.5, 0.6) is 0 Å². The average molecular weight is 238 g/mol. The van der Waals surface area contributed by atoms with E-state index in [0.29, 0.717) is 18.0 Å². The zero-order valence-corrected chi connectivity index (χ0v) is 11.3. The predicted octanol–water partition coefficient (Wildman–Crippen LogP) is 2.17. The van der Waals surface area contributed by atoms with E-state index in [4.69, 9.17) is 0 Å². The number of carbonyl (C=O) groups is 1. The maximum atomic E-state index is 11.8. The van der Waals surface area contributed by atoms with Crippen LogP contribution >= 0.6 is 0 Å². The van der Waals surface area contributed by atoms with Crippen LogP contribution in [0.3, 0.4) is 0 Å². The fourth-order valence-corrected chi connectivity index (χ4v) is 2.84. The van der Waals surface area contributed by atoms with Crippen LogP contribution in [0, 0.1) is 5.41 Å². The van der Waals surface area contributed by atoms with Crippen molar-refractivity contribution in [3.05, 3.63) is 0 Å². The van der Waals surface area contributed by atoms with E-state index >= 15 is 0 Å². The van der Waals surface area contributed by atoms with Gasteiger partial charge in [0.15, 0.2) is 0 Å². The lowest BCUT2D eigenvalue weighted by Gasteiger charge is -2.34. The summed E-state index contributed by atoms with van der Waals surface area (Å²) in [6.45, 7) is 3.87. The molecule has 0 spiro atoms. The Morgan fingerprint density at radius 3 is 2.53 bits per heavy atom. The molecule has 1 N–H and O–H groups in total. The van der Waals surface area contributed by atoms with Gasteiger partial charge in [-0.3, -0.25) is 4.79 Å². The summed E-state index contributed by atoms with van der Waals surface area (Å²) in [5, 5.41) is 3.37. The van der Waals surface area contributed by atoms with E-state index < -0.39 is 0 Å². The molecule has 98 valence electrons. The molecule has 0 aromatic rings. The molecule has 2 fully saturated rings. The van der Waals surface area contributed by atoms with Crippen molar-refractivity contribution in [1.82, 2.24) is 10.2 Å². The van der Waals surface area contributed by atoms with Gasteiger partial charge >= 0.3 is 0 Å². The Kier molecular flexibility index (Phi) is 4.08. The van der Waals surface area contributed by atoms with Crippen LogP contribution in [0.2, 0.25) is 0 Å². The molecule has 2 rings (SSSR count). The maximum Gasteiger partial charge on any atom is 0.236 e. The van der Waals surface area contributed by atoms with Crippen LogP contribution in [0.1, 0.15) is 51.9 Å². The highest BCUT2D eigenvalue weighted by Crippen LogP contribution is 2.34. The third kappa shape index (κ3) is 3.70. The Labute approximate surface area is 105 Å². The van der Waals surface area contributed by atoms with Gasteiger partial charge in [-0.15, -0.1) is 0 Å². The van der Waals surface area contributed by atoms with E-state index in [1.807, 2.05) is 11.9 Å². The minimum atomic E-state index is 0.256. The van der Waals surface area contributed by atoms with Crippen molar-refractivity contribution in [2.75, 3.05) is 20.1 Å². The molecule has 0 bridgehead atoms. The molecule has 2 aliphatic carbocycles. The van der Waals surface area contributed by atoms with Gasteiger partial charge in [0.2, 0.25) is 5.91 Å². The smallest absolute Gasteiger partial charge is 0.236 e. The van der Waals surface area contributed by atoms with Crippen LogP contribution in [0.15, 0.2) is 0 Å². The molecule has 17 heavy (non-hydrogen) atoms. The first-order valence-corrected chi connectivity index (χ1v) is 7.07. The minimum absolute atomic E-state index is 0.256. The van der Waals surface area contributed by atoms with Crippen molar-refractivity contribution in [3.8, 4) is 0 Å². The monoisotopic (exact) mass is 238 g/mol. The lowest BCUT2D eigenvalue weighted by Crippen LogP contribution is -2.41. The highest BCUT2D eigenvalue weighted by atomic mass is 16.2. The van der Waals surface area contributed by atoms with Crippen LogP contribution in [0.25, 0.3) is 0 Å². The Morgan fingerprint density at radius 2 is 1.94 bits per heavy atom. The molecule has 1 amide bonds. The van der Waals surface area contributed by atoms with Crippen molar-refractivity contribution in [2.45, 2.75) is 57.9 Å². The number of hydrogen-bond donors (Lipinski definition) is 1. The van der Waals surface area contributed by atoms with Gasteiger partial charge < -0.3 is 10.2 Å². The van der Waals surface area contributed by atoms with Crippen LogP contribution in [-0.4, -0.2) is 37.0 Å². The quantitative estimate of drug-likeness (QED) is 0.796. The van der Waals surface area contributed by atoms with Gasteiger partial charge in [0, 0.05) is 19.6 Å². The standard InChI is InChI=1S/C14H26N2O/c1-14(8-4-3-5-9-14)11-15-10-13(17)16(2)12-6-7-12/h12,15H,3-11H2,1-2H3. The number of nitrogens with one attached hydrogen (secondary N) is 1. The van der Waals surface area contributed by atoms with Gasteiger partial charge in [-0.05, 0) is 31.1 Å². The van der Waals surface area contributed by atoms with E-state index in [0.717, 1.165) is 6.54 Å². The Balaban J connectivity index is 1.65. The molecular weight excluding hydrogens is 212 g/mol. The summed E-state index contributed by atoms with van der Waals surface area (Å²) < 4.78 is 0. The first-order valence-electron chi connectivity index (χ1n) is 7.07. The van der Waals surface area contributed by atoms with Crippen LogP contribution < -0.4 is 5.32 Å². The highest BCUT2D eigenvalue weighted by Gasteiger charge is 2.30. The fourth-order valence-electron chi connectivity index (χ4n) is 2.84. The third-order valence-electron chi connectivity index (χ3n) is 4.38. The first-order chi connectivity index (χ1) is 8.11. The topological polar surface area (TPSA) is 32.3 Å². The molecule has 0 atom stereocenters. The van der Waals surface area contributed by atoms with E-state index in [-0.39, 0.29) is 5.91 Å². The predicted molar refractivity (Wildman–Crippen MR) is 69.9 cm³/mol. The van der Waals surface area contributed by atoms with Gasteiger partial charge in [-0.25, -0.2) is 0 Å². The number of rotatable bonds is 5. The summed E-state index contributed by atoms with van der Waals surface area (Å²) in [6, 6.07) is 0.537. The highest BCUT2D eigenvalue weighted by molar-refractivity contribution is 5.78. The zero-order chi connectivity index (χ0) is 12.3. The van der Waals surface area contributed by atoms with Gasteiger partial charge in [0.05, 0.1) is 6.54 Å². The normalized spacial score (nSPS) is 23.4. The Morgan fingerprint density at radius 1 is 1.29 bits per heavy atom. The second-order valence-corrected chi connectivity index (χ2v) is 6.21. The van der Waals surface area contributed by atoms with Crippen molar-refractivity contribution in [3.63, 3.8) is 0 Å². The maximum absolute atomic E-state index is 11.8. The van der Waals surface area contributed by atoms with Gasteiger partial charge in [-0.1, -0.05) is 26.2 Å². The van der Waals surface area contributed by atoms with Crippen LogP contribution in [-0.2, 0) is 4.79 Å². The zero-order valence-electron chi connectivity index (χ0n) is 11.3. The van der Waals surface area contributed by atoms with Crippen molar-refractivity contribution in [2.24, 2.45) is 5.41 Å². The molecular formula is C14H26N2O. The molecule has 0 saturated heterocycles. The molecule has 2 aliphatic rings. The van der Waals surface area contributed by atoms with Gasteiger partial charge in [0.1, 0.15) is 0 Å². The van der Waals surface area contributed by atoms with Crippen molar-refractivity contribution in [1.29, 1.82) is 0 Å². The molecule has 0 unspecified atom stereocenters. The summed E-state index contributed by atoms with van der Waals surface area (Å²) in [4.78, 5) is 13.7. The van der Waals surface area contributed by atoms with E-state index in [9.17, 15) is 4.79 Å². The summed E-state index contributed by atoms with van der Waals surface area (Å²) in [5.41, 5.74) is 0.427. The molecule has 0 aliphatic heterocycles. The first kappa shape index (κ1) is 12.9.